The fraction of sp³-hybridized carbons (Fsp3) is 0.435. The second-order valence-corrected chi connectivity index (χ2v) is 11.0. The van der Waals surface area contributed by atoms with Crippen LogP contribution in [0.2, 0.25) is 5.02 Å². The maximum atomic E-state index is 12.9. The Kier molecular flexibility index (Phi) is 7.22. The van der Waals surface area contributed by atoms with Crippen LogP contribution in [0.1, 0.15) is 44.7 Å². The third-order valence-electron chi connectivity index (χ3n) is 5.32. The van der Waals surface area contributed by atoms with Gasteiger partial charge in [-0.05, 0) is 56.9 Å². The van der Waals surface area contributed by atoms with Crippen LogP contribution in [0.3, 0.4) is 0 Å². The Bertz CT molecular complexity index is 874. The summed E-state index contributed by atoms with van der Waals surface area (Å²) in [6, 6.07) is 17.3. The van der Waals surface area contributed by atoms with E-state index in [0.29, 0.717) is 31.0 Å². The van der Waals surface area contributed by atoms with Crippen molar-refractivity contribution in [2.45, 2.75) is 50.5 Å². The van der Waals surface area contributed by atoms with Crippen LogP contribution < -0.4 is 4.72 Å². The van der Waals surface area contributed by atoms with Gasteiger partial charge in [0.1, 0.15) is 6.61 Å². The number of carbonyl (C=O) groups is 1. The van der Waals surface area contributed by atoms with E-state index in [9.17, 15) is 9.00 Å². The van der Waals surface area contributed by atoms with Crippen molar-refractivity contribution in [3.8, 4) is 0 Å². The number of likely N-dealkylation sites (tertiary alicyclic amines) is 1. The molecule has 0 spiro atoms. The minimum absolute atomic E-state index is 0.255. The molecule has 1 N–H and O–H groups in total. The third-order valence-corrected chi connectivity index (χ3v) is 7.26. The molecule has 0 aliphatic carbocycles. The van der Waals surface area contributed by atoms with E-state index in [2.05, 4.69) is 4.72 Å². The molecule has 1 atom stereocenters. The molecule has 1 amide bonds. The summed E-state index contributed by atoms with van der Waals surface area (Å²) in [5, 5.41) is 0.660. The van der Waals surface area contributed by atoms with Crippen LogP contribution in [0.5, 0.6) is 0 Å². The summed E-state index contributed by atoms with van der Waals surface area (Å²) < 4.78 is 21.4. The van der Waals surface area contributed by atoms with Crippen LogP contribution in [0.25, 0.3) is 0 Å². The Hall–Kier alpha value is -1.89. The van der Waals surface area contributed by atoms with Gasteiger partial charge in [0, 0.05) is 18.1 Å². The molecule has 1 aliphatic heterocycles. The molecule has 1 aliphatic rings. The molecule has 30 heavy (non-hydrogen) atoms. The molecule has 3 rings (SSSR count). The SMILES string of the molecule is CC(C)(C)S(=O)NC1(c2ccc(Cl)cc2)CCN(C(=O)OCc2ccccc2)CC1. The van der Waals surface area contributed by atoms with Gasteiger partial charge < -0.3 is 9.64 Å². The van der Waals surface area contributed by atoms with Gasteiger partial charge in [-0.15, -0.1) is 0 Å². The van der Waals surface area contributed by atoms with Gasteiger partial charge in [0.15, 0.2) is 0 Å². The van der Waals surface area contributed by atoms with E-state index in [1.54, 1.807) is 4.90 Å². The Morgan fingerprint density at radius 1 is 1.10 bits per heavy atom. The smallest absolute Gasteiger partial charge is 0.410 e. The minimum atomic E-state index is -1.25. The van der Waals surface area contributed by atoms with Gasteiger partial charge in [-0.25, -0.2) is 13.7 Å². The lowest BCUT2D eigenvalue weighted by Gasteiger charge is -2.43. The van der Waals surface area contributed by atoms with Gasteiger partial charge in [-0.2, -0.15) is 0 Å². The summed E-state index contributed by atoms with van der Waals surface area (Å²) in [6.07, 6.45) is 0.953. The van der Waals surface area contributed by atoms with Crippen molar-refractivity contribution in [1.82, 2.24) is 9.62 Å². The predicted octanol–water partition coefficient (Wildman–Crippen LogP) is 5.02. The van der Waals surface area contributed by atoms with Crippen LogP contribution in [-0.2, 0) is 27.9 Å². The van der Waals surface area contributed by atoms with E-state index in [1.165, 1.54) is 0 Å². The van der Waals surface area contributed by atoms with E-state index in [4.69, 9.17) is 16.3 Å². The highest BCUT2D eigenvalue weighted by atomic mass is 35.5. The normalized spacial score (nSPS) is 17.4. The zero-order chi connectivity index (χ0) is 21.8. The highest BCUT2D eigenvalue weighted by molar-refractivity contribution is 7.84. The zero-order valence-corrected chi connectivity index (χ0v) is 19.3. The number of rotatable bonds is 5. The summed E-state index contributed by atoms with van der Waals surface area (Å²) in [6.45, 7) is 7.13. The van der Waals surface area contributed by atoms with E-state index in [-0.39, 0.29) is 12.7 Å². The van der Waals surface area contributed by atoms with Gasteiger partial charge in [0.05, 0.1) is 21.3 Å². The van der Waals surface area contributed by atoms with E-state index < -0.39 is 21.3 Å². The molecule has 7 heteroatoms. The first-order valence-corrected chi connectivity index (χ1v) is 11.6. The molecule has 2 aromatic carbocycles. The Balaban J connectivity index is 1.70. The van der Waals surface area contributed by atoms with Gasteiger partial charge in [-0.3, -0.25) is 0 Å². The maximum absolute atomic E-state index is 12.9. The zero-order valence-electron chi connectivity index (χ0n) is 17.7. The molecule has 5 nitrogen and oxygen atoms in total. The molecule has 0 radical (unpaired) electrons. The number of nitrogens with zero attached hydrogens (tertiary/aromatic N) is 1. The summed E-state index contributed by atoms with van der Waals surface area (Å²) in [5.41, 5.74) is 1.50. The fourth-order valence-electron chi connectivity index (χ4n) is 3.43. The first kappa shape index (κ1) is 22.8. The monoisotopic (exact) mass is 448 g/mol. The van der Waals surface area contributed by atoms with E-state index >= 15 is 0 Å². The number of halogens is 1. The molecule has 0 aromatic heterocycles. The number of benzene rings is 2. The first-order chi connectivity index (χ1) is 14.2. The highest BCUT2D eigenvalue weighted by Gasteiger charge is 2.40. The lowest BCUT2D eigenvalue weighted by molar-refractivity contribution is 0.0757. The number of piperidine rings is 1. The number of nitrogens with one attached hydrogen (secondary N) is 1. The molecule has 1 unspecified atom stereocenters. The fourth-order valence-corrected chi connectivity index (χ4v) is 4.54. The van der Waals surface area contributed by atoms with E-state index in [1.807, 2.05) is 75.4 Å². The van der Waals surface area contributed by atoms with Gasteiger partial charge in [-0.1, -0.05) is 54.1 Å². The van der Waals surface area contributed by atoms with Crippen molar-refractivity contribution >= 4 is 28.7 Å². The number of ether oxygens (including phenoxy) is 1. The molecule has 1 saturated heterocycles. The molecular formula is C23H29ClN2O3S. The van der Waals surface area contributed by atoms with Gasteiger partial charge in [0.2, 0.25) is 0 Å². The largest absolute Gasteiger partial charge is 0.445 e. The average molecular weight is 449 g/mol. The van der Waals surface area contributed by atoms with Crippen LogP contribution in [0.4, 0.5) is 4.79 Å². The predicted molar refractivity (Wildman–Crippen MR) is 122 cm³/mol. The highest BCUT2D eigenvalue weighted by Crippen LogP contribution is 2.35. The lowest BCUT2D eigenvalue weighted by atomic mass is 9.82. The number of amides is 1. The van der Waals surface area contributed by atoms with Crippen molar-refractivity contribution in [2.24, 2.45) is 0 Å². The van der Waals surface area contributed by atoms with Crippen molar-refractivity contribution in [3.63, 3.8) is 0 Å². The molecule has 162 valence electrons. The third kappa shape index (κ3) is 5.62. The van der Waals surface area contributed by atoms with Crippen molar-refractivity contribution in [1.29, 1.82) is 0 Å². The van der Waals surface area contributed by atoms with Crippen LogP contribution in [-0.4, -0.2) is 33.0 Å². The molecule has 1 heterocycles. The summed E-state index contributed by atoms with van der Waals surface area (Å²) >= 11 is 6.07. The Morgan fingerprint density at radius 2 is 1.70 bits per heavy atom. The Morgan fingerprint density at radius 3 is 2.27 bits per heavy atom. The van der Waals surface area contributed by atoms with Crippen LogP contribution >= 0.6 is 11.6 Å². The molecule has 0 saturated carbocycles. The number of carbonyl (C=O) groups excluding carboxylic acids is 1. The molecule has 1 fully saturated rings. The lowest BCUT2D eigenvalue weighted by Crippen LogP contribution is -2.54. The van der Waals surface area contributed by atoms with Crippen molar-refractivity contribution in [2.75, 3.05) is 13.1 Å². The van der Waals surface area contributed by atoms with Crippen LogP contribution in [0, 0.1) is 0 Å². The molecule has 2 aromatic rings. The topological polar surface area (TPSA) is 58.6 Å². The summed E-state index contributed by atoms with van der Waals surface area (Å²) in [7, 11) is -1.25. The number of hydrogen-bond acceptors (Lipinski definition) is 3. The minimum Gasteiger partial charge on any atom is -0.445 e. The second-order valence-electron chi connectivity index (χ2n) is 8.60. The average Bonchev–Trinajstić information content (AvgIpc) is 2.73. The first-order valence-electron chi connectivity index (χ1n) is 10.1. The van der Waals surface area contributed by atoms with Gasteiger partial charge >= 0.3 is 6.09 Å². The maximum Gasteiger partial charge on any atom is 0.410 e. The summed E-state index contributed by atoms with van der Waals surface area (Å²) in [5.74, 6) is 0. The van der Waals surface area contributed by atoms with E-state index in [0.717, 1.165) is 11.1 Å². The standard InChI is InChI=1S/C23H29ClN2O3S/c1-22(2,3)30(28)25-23(19-9-11-20(24)12-10-19)13-15-26(16-14-23)21(27)29-17-18-7-5-4-6-8-18/h4-12,25H,13-17H2,1-3H3. The van der Waals surface area contributed by atoms with Crippen LogP contribution in [0.15, 0.2) is 54.6 Å². The molecule has 0 bridgehead atoms. The quantitative estimate of drug-likeness (QED) is 0.698. The van der Waals surface area contributed by atoms with Crippen molar-refractivity contribution in [3.05, 3.63) is 70.7 Å². The Labute approximate surface area is 186 Å². The summed E-state index contributed by atoms with van der Waals surface area (Å²) in [4.78, 5) is 14.3. The van der Waals surface area contributed by atoms with Gasteiger partial charge in [0.25, 0.3) is 0 Å². The number of hydrogen-bond donors (Lipinski definition) is 1. The van der Waals surface area contributed by atoms with Crippen molar-refractivity contribution < 1.29 is 13.7 Å². The second kappa shape index (κ2) is 9.50. The molecular weight excluding hydrogens is 420 g/mol.